The van der Waals surface area contributed by atoms with Gasteiger partial charge in [-0.05, 0) is 81.3 Å². The molecule has 0 saturated carbocycles. The van der Waals surface area contributed by atoms with Gasteiger partial charge in [-0.3, -0.25) is 0 Å². The molecule has 0 heterocycles. The topological polar surface area (TPSA) is 3.24 Å². The van der Waals surface area contributed by atoms with Gasteiger partial charge < -0.3 is 4.90 Å². The maximum absolute atomic E-state index is 2.38. The van der Waals surface area contributed by atoms with Crippen LogP contribution in [0.1, 0.15) is 88.2 Å². The average Bonchev–Trinajstić information content (AvgIpc) is 2.96. The van der Waals surface area contributed by atoms with Crippen LogP contribution in [0.15, 0.2) is 78.9 Å². The van der Waals surface area contributed by atoms with E-state index in [4.69, 9.17) is 0 Å². The fraction of sp³-hybridized carbons (Fsp3) is 0.421. The predicted octanol–water partition coefficient (Wildman–Crippen LogP) is 11.1. The number of anilines is 1. The smallest absolute Gasteiger partial charge is 0.0361 e. The Balaban J connectivity index is 0.912. The Bertz CT molecular complexity index is 1410. The molecule has 0 N–H and O–H groups in total. The molecule has 39 heavy (non-hydrogen) atoms. The van der Waals surface area contributed by atoms with Crippen molar-refractivity contribution in [2.75, 3.05) is 19.0 Å². The monoisotopic (exact) mass is 517 g/mol. The highest BCUT2D eigenvalue weighted by Crippen LogP contribution is 2.36. The van der Waals surface area contributed by atoms with Crippen molar-refractivity contribution in [3.8, 4) is 0 Å². The molecule has 0 aromatic heterocycles. The molecule has 1 nitrogen and oxygen atoms in total. The third-order valence-corrected chi connectivity index (χ3v) is 8.73. The number of hydrogen-bond donors (Lipinski definition) is 0. The molecule has 0 radical (unpaired) electrons. The van der Waals surface area contributed by atoms with Crippen molar-refractivity contribution in [1.29, 1.82) is 0 Å². The first-order valence-electron chi connectivity index (χ1n) is 15.6. The Morgan fingerprint density at radius 1 is 0.436 bits per heavy atom. The lowest BCUT2D eigenvalue weighted by Crippen LogP contribution is -2.08. The van der Waals surface area contributed by atoms with Gasteiger partial charge in [-0.15, -0.1) is 0 Å². The van der Waals surface area contributed by atoms with Crippen LogP contribution in [0, 0.1) is 0 Å². The molecule has 1 heteroatoms. The standard InChI is InChI=1S/C38H47N/c1-39(2)35-27-20-30(21-28-35)16-13-11-9-7-5-3-4-6-8-10-12-14-17-31-22-23-34-25-24-32-18-15-19-33-26-29-36(31)38(34)37(32)33/h15,18-29H,3-14,16-17H2,1-2H3. The Morgan fingerprint density at radius 3 is 1.51 bits per heavy atom. The molecule has 0 unspecified atom stereocenters. The second-order valence-electron chi connectivity index (χ2n) is 11.9. The number of benzene rings is 5. The van der Waals surface area contributed by atoms with Crippen molar-refractivity contribution in [1.82, 2.24) is 0 Å². The Hall–Kier alpha value is -3.06. The third kappa shape index (κ3) is 7.13. The zero-order valence-electron chi connectivity index (χ0n) is 24.4. The second-order valence-corrected chi connectivity index (χ2v) is 11.9. The van der Waals surface area contributed by atoms with E-state index >= 15 is 0 Å². The van der Waals surface area contributed by atoms with E-state index in [2.05, 4.69) is 97.9 Å². The lowest BCUT2D eigenvalue weighted by molar-refractivity contribution is 0.541. The molecule has 0 aliphatic rings. The second kappa shape index (κ2) is 13.8. The molecule has 0 atom stereocenters. The van der Waals surface area contributed by atoms with Gasteiger partial charge in [0.15, 0.2) is 0 Å². The SMILES string of the molecule is CN(C)c1ccc(CCCCCCCCCCCCCCc2ccc3ccc4cccc5ccc2c3c45)cc1. The lowest BCUT2D eigenvalue weighted by Gasteiger charge is -2.14. The first kappa shape index (κ1) is 27.5. The number of unbranched alkanes of at least 4 members (excludes halogenated alkanes) is 11. The highest BCUT2D eigenvalue weighted by Gasteiger charge is 2.10. The van der Waals surface area contributed by atoms with Crippen molar-refractivity contribution < 1.29 is 0 Å². The maximum Gasteiger partial charge on any atom is 0.0361 e. The van der Waals surface area contributed by atoms with E-state index in [-0.39, 0.29) is 0 Å². The van der Waals surface area contributed by atoms with Crippen LogP contribution in [-0.4, -0.2) is 14.1 Å². The summed E-state index contributed by atoms with van der Waals surface area (Å²) in [6.45, 7) is 0. The fourth-order valence-electron chi connectivity index (χ4n) is 6.39. The van der Waals surface area contributed by atoms with Gasteiger partial charge in [-0.1, -0.05) is 131 Å². The minimum atomic E-state index is 1.20. The summed E-state index contributed by atoms with van der Waals surface area (Å²) in [5.74, 6) is 0. The van der Waals surface area contributed by atoms with E-state index in [1.54, 1.807) is 0 Å². The minimum Gasteiger partial charge on any atom is -0.378 e. The largest absolute Gasteiger partial charge is 0.378 e. The van der Waals surface area contributed by atoms with Gasteiger partial charge in [0.1, 0.15) is 0 Å². The molecule has 5 aromatic rings. The number of aryl methyl sites for hydroxylation is 2. The van der Waals surface area contributed by atoms with Gasteiger partial charge in [-0.25, -0.2) is 0 Å². The van der Waals surface area contributed by atoms with E-state index in [0.717, 1.165) is 0 Å². The van der Waals surface area contributed by atoms with Crippen LogP contribution in [0.5, 0.6) is 0 Å². The van der Waals surface area contributed by atoms with Gasteiger partial charge in [0.05, 0.1) is 0 Å². The molecule has 204 valence electrons. The number of nitrogens with zero attached hydrogens (tertiary/aromatic N) is 1. The molecule has 0 fully saturated rings. The van der Waals surface area contributed by atoms with Crippen LogP contribution >= 0.6 is 0 Å². The highest BCUT2D eigenvalue weighted by molar-refractivity contribution is 6.23. The zero-order valence-corrected chi connectivity index (χ0v) is 24.4. The van der Waals surface area contributed by atoms with Crippen molar-refractivity contribution in [3.05, 3.63) is 90.0 Å². The first-order chi connectivity index (χ1) is 19.2. The van der Waals surface area contributed by atoms with Gasteiger partial charge >= 0.3 is 0 Å². The van der Waals surface area contributed by atoms with E-state index in [0.29, 0.717) is 0 Å². The van der Waals surface area contributed by atoms with E-state index < -0.39 is 0 Å². The molecule has 5 aromatic carbocycles. The molecule has 0 aliphatic heterocycles. The van der Waals surface area contributed by atoms with Crippen molar-refractivity contribution in [2.24, 2.45) is 0 Å². The predicted molar refractivity (Wildman–Crippen MR) is 174 cm³/mol. The van der Waals surface area contributed by atoms with Crippen LogP contribution in [-0.2, 0) is 12.8 Å². The number of rotatable bonds is 16. The molecule has 0 amide bonds. The normalized spacial score (nSPS) is 11.7. The van der Waals surface area contributed by atoms with Crippen LogP contribution < -0.4 is 4.90 Å². The van der Waals surface area contributed by atoms with Crippen LogP contribution in [0.25, 0.3) is 32.3 Å². The summed E-state index contributed by atoms with van der Waals surface area (Å²) in [5.41, 5.74) is 4.30. The molecular weight excluding hydrogens is 470 g/mol. The van der Waals surface area contributed by atoms with Gasteiger partial charge in [0.2, 0.25) is 0 Å². The summed E-state index contributed by atoms with van der Waals surface area (Å²) in [6, 6.07) is 29.7. The van der Waals surface area contributed by atoms with Crippen molar-refractivity contribution in [3.63, 3.8) is 0 Å². The van der Waals surface area contributed by atoms with Crippen LogP contribution in [0.3, 0.4) is 0 Å². The molecule has 0 spiro atoms. The quantitative estimate of drug-likeness (QED) is 0.0929. The Kier molecular flexibility index (Phi) is 9.76. The molecule has 0 aliphatic carbocycles. The van der Waals surface area contributed by atoms with Crippen molar-refractivity contribution in [2.45, 2.75) is 89.9 Å². The van der Waals surface area contributed by atoms with E-state index in [9.17, 15) is 0 Å². The number of hydrogen-bond acceptors (Lipinski definition) is 1. The Labute approximate surface area is 236 Å². The van der Waals surface area contributed by atoms with E-state index in [1.165, 1.54) is 139 Å². The van der Waals surface area contributed by atoms with Gasteiger partial charge in [-0.2, -0.15) is 0 Å². The molecule has 5 rings (SSSR count). The third-order valence-electron chi connectivity index (χ3n) is 8.73. The first-order valence-corrected chi connectivity index (χ1v) is 15.6. The lowest BCUT2D eigenvalue weighted by atomic mass is 9.90. The summed E-state index contributed by atoms with van der Waals surface area (Å²) in [4.78, 5) is 2.17. The molecular formula is C38H47N. The van der Waals surface area contributed by atoms with Gasteiger partial charge in [0, 0.05) is 19.8 Å². The zero-order chi connectivity index (χ0) is 26.9. The molecule has 0 bridgehead atoms. The van der Waals surface area contributed by atoms with Crippen molar-refractivity contribution >= 4 is 38.0 Å². The highest BCUT2D eigenvalue weighted by atomic mass is 15.1. The van der Waals surface area contributed by atoms with Gasteiger partial charge in [0.25, 0.3) is 0 Å². The van der Waals surface area contributed by atoms with E-state index in [1.807, 2.05) is 0 Å². The average molecular weight is 518 g/mol. The Morgan fingerprint density at radius 2 is 0.923 bits per heavy atom. The summed E-state index contributed by atoms with van der Waals surface area (Å²) < 4.78 is 0. The summed E-state index contributed by atoms with van der Waals surface area (Å²) >= 11 is 0. The summed E-state index contributed by atoms with van der Waals surface area (Å²) in [6.07, 6.45) is 19.1. The van der Waals surface area contributed by atoms with Crippen LogP contribution in [0.2, 0.25) is 0 Å². The van der Waals surface area contributed by atoms with Crippen LogP contribution in [0.4, 0.5) is 5.69 Å². The fourth-order valence-corrected chi connectivity index (χ4v) is 6.39. The minimum absolute atomic E-state index is 1.20. The maximum atomic E-state index is 2.38. The summed E-state index contributed by atoms with van der Waals surface area (Å²) in [7, 11) is 4.21. The summed E-state index contributed by atoms with van der Waals surface area (Å²) in [5, 5.41) is 8.49. The molecule has 0 saturated heterocycles.